The van der Waals surface area contributed by atoms with Crippen molar-refractivity contribution in [2.45, 2.75) is 19.0 Å². The molecule has 0 bridgehead atoms. The molecule has 32 heavy (non-hydrogen) atoms. The second-order valence-electron chi connectivity index (χ2n) is 8.06. The Morgan fingerprint density at radius 2 is 1.91 bits per heavy atom. The van der Waals surface area contributed by atoms with E-state index in [2.05, 4.69) is 15.6 Å². The van der Waals surface area contributed by atoms with Gasteiger partial charge in [0.15, 0.2) is 5.13 Å². The van der Waals surface area contributed by atoms with Crippen molar-refractivity contribution >= 4 is 34.0 Å². The Morgan fingerprint density at radius 1 is 1.16 bits per heavy atom. The molecule has 11 heteroatoms. The molecule has 7 nitrogen and oxygen atoms in total. The molecule has 1 saturated heterocycles. The fraction of sp³-hybridized carbons (Fsp3) is 0.476. The molecule has 1 aromatic carbocycles. The minimum absolute atomic E-state index is 0.0153. The molecule has 0 spiro atoms. The molecular formula is C21H24F3N5O2S. The van der Waals surface area contributed by atoms with Crippen LogP contribution in [0, 0.1) is 5.92 Å². The number of alkyl halides is 3. The molecule has 1 aromatic heterocycles. The van der Waals surface area contributed by atoms with Crippen LogP contribution in [0.1, 0.15) is 28.9 Å². The average molecular weight is 468 g/mol. The Bertz CT molecular complexity index is 968. The molecule has 2 aromatic rings. The lowest BCUT2D eigenvalue weighted by atomic mass is 10.2. The van der Waals surface area contributed by atoms with Gasteiger partial charge in [-0.1, -0.05) is 6.07 Å². The lowest BCUT2D eigenvalue weighted by molar-refractivity contribution is -0.137. The van der Waals surface area contributed by atoms with Gasteiger partial charge in [0.05, 0.1) is 12.1 Å². The summed E-state index contributed by atoms with van der Waals surface area (Å²) >= 11 is 1.16. The maximum Gasteiger partial charge on any atom is 0.416 e. The second kappa shape index (κ2) is 9.45. The minimum Gasteiger partial charge on any atom is -0.355 e. The number of nitrogens with zero attached hydrogens (tertiary/aromatic N) is 3. The van der Waals surface area contributed by atoms with Crippen LogP contribution in [0.3, 0.4) is 0 Å². The summed E-state index contributed by atoms with van der Waals surface area (Å²) in [7, 11) is 0. The van der Waals surface area contributed by atoms with Gasteiger partial charge in [-0.25, -0.2) is 4.98 Å². The summed E-state index contributed by atoms with van der Waals surface area (Å²) < 4.78 is 38.6. The van der Waals surface area contributed by atoms with Gasteiger partial charge in [0.1, 0.15) is 5.69 Å². The monoisotopic (exact) mass is 467 g/mol. The van der Waals surface area contributed by atoms with Crippen molar-refractivity contribution in [1.29, 1.82) is 0 Å². The van der Waals surface area contributed by atoms with Crippen molar-refractivity contribution in [3.8, 4) is 0 Å². The predicted octanol–water partition coefficient (Wildman–Crippen LogP) is 3.19. The summed E-state index contributed by atoms with van der Waals surface area (Å²) in [5.41, 5.74) is -0.253. The van der Waals surface area contributed by atoms with E-state index in [0.717, 1.165) is 30.0 Å². The van der Waals surface area contributed by atoms with Gasteiger partial charge in [0.25, 0.3) is 5.91 Å². The number of nitrogens with one attached hydrogen (secondary N) is 2. The zero-order valence-electron chi connectivity index (χ0n) is 17.3. The van der Waals surface area contributed by atoms with Crippen LogP contribution in [0.15, 0.2) is 29.6 Å². The number of hydrogen-bond acceptors (Lipinski definition) is 6. The Kier molecular flexibility index (Phi) is 6.66. The highest BCUT2D eigenvalue weighted by atomic mass is 32.1. The van der Waals surface area contributed by atoms with Gasteiger partial charge in [-0.2, -0.15) is 13.2 Å². The fourth-order valence-corrected chi connectivity index (χ4v) is 4.14. The second-order valence-corrected chi connectivity index (χ2v) is 8.92. The van der Waals surface area contributed by atoms with Crippen LogP contribution in [-0.2, 0) is 11.0 Å². The maximum atomic E-state index is 12.9. The first-order valence-corrected chi connectivity index (χ1v) is 11.3. The molecule has 0 unspecified atom stereocenters. The molecule has 4 rings (SSSR count). The quantitative estimate of drug-likeness (QED) is 0.654. The van der Waals surface area contributed by atoms with Crippen LogP contribution in [0.25, 0.3) is 0 Å². The molecule has 0 radical (unpaired) electrons. The minimum atomic E-state index is -4.43. The molecule has 0 atom stereocenters. The van der Waals surface area contributed by atoms with Crippen molar-refractivity contribution in [3.05, 3.63) is 40.9 Å². The average Bonchev–Trinajstić information content (AvgIpc) is 3.49. The third-order valence-corrected chi connectivity index (χ3v) is 6.23. The highest BCUT2D eigenvalue weighted by Crippen LogP contribution is 2.32. The van der Waals surface area contributed by atoms with Crippen molar-refractivity contribution < 1.29 is 22.8 Å². The zero-order valence-corrected chi connectivity index (χ0v) is 18.1. The van der Waals surface area contributed by atoms with Crippen LogP contribution in [0.5, 0.6) is 0 Å². The number of aromatic nitrogens is 1. The molecule has 172 valence electrons. The lowest BCUT2D eigenvalue weighted by Gasteiger charge is -2.33. The molecule has 2 amide bonds. The summed E-state index contributed by atoms with van der Waals surface area (Å²) in [4.78, 5) is 32.7. The van der Waals surface area contributed by atoms with Gasteiger partial charge in [0.2, 0.25) is 5.91 Å². The first-order valence-electron chi connectivity index (χ1n) is 10.5. The van der Waals surface area contributed by atoms with Crippen molar-refractivity contribution in [3.63, 3.8) is 0 Å². The Labute approximate surface area is 187 Å². The zero-order chi connectivity index (χ0) is 22.7. The Hall–Kier alpha value is -2.66. The normalized spacial score (nSPS) is 17.3. The Balaban J connectivity index is 1.27. The van der Waals surface area contributed by atoms with Gasteiger partial charge < -0.3 is 15.5 Å². The van der Waals surface area contributed by atoms with Crippen LogP contribution >= 0.6 is 11.3 Å². The molecular weight excluding hydrogens is 443 g/mol. The first-order chi connectivity index (χ1) is 15.3. The van der Waals surface area contributed by atoms with E-state index in [4.69, 9.17) is 0 Å². The smallest absolute Gasteiger partial charge is 0.355 e. The van der Waals surface area contributed by atoms with E-state index in [1.54, 1.807) is 10.3 Å². The van der Waals surface area contributed by atoms with E-state index in [0.29, 0.717) is 43.8 Å². The number of carbonyl (C=O) groups is 2. The lowest BCUT2D eigenvalue weighted by Crippen LogP contribution is -2.51. The largest absolute Gasteiger partial charge is 0.416 e. The van der Waals surface area contributed by atoms with E-state index >= 15 is 0 Å². The number of amides is 2. The summed E-state index contributed by atoms with van der Waals surface area (Å²) in [6.45, 7) is 3.25. The number of rotatable bonds is 7. The van der Waals surface area contributed by atoms with Crippen LogP contribution in [0.2, 0.25) is 0 Å². The molecule has 2 N–H and O–H groups in total. The van der Waals surface area contributed by atoms with Crippen LogP contribution < -0.4 is 10.6 Å². The number of halogens is 3. The third kappa shape index (κ3) is 5.98. The van der Waals surface area contributed by atoms with Gasteiger partial charge in [0, 0.05) is 43.8 Å². The SMILES string of the molecule is O=C(CN1CCN(C(=O)c2csc(Nc3cccc(C(F)(F)F)c3)n2)CC1)NCC1CC1. The molecule has 1 aliphatic heterocycles. The van der Waals surface area contributed by atoms with Gasteiger partial charge in [-0.15, -0.1) is 11.3 Å². The van der Waals surface area contributed by atoms with Gasteiger partial charge in [-0.05, 0) is 37.0 Å². The fourth-order valence-electron chi connectivity index (χ4n) is 3.44. The molecule has 1 aliphatic carbocycles. The predicted molar refractivity (Wildman–Crippen MR) is 115 cm³/mol. The van der Waals surface area contributed by atoms with Gasteiger partial charge >= 0.3 is 6.18 Å². The molecule has 2 fully saturated rings. The van der Waals surface area contributed by atoms with E-state index in [1.807, 2.05) is 4.90 Å². The maximum absolute atomic E-state index is 12.9. The van der Waals surface area contributed by atoms with Crippen LogP contribution in [0.4, 0.5) is 24.0 Å². The Morgan fingerprint density at radius 3 is 2.59 bits per heavy atom. The number of piperazine rings is 1. The van der Waals surface area contributed by atoms with Crippen molar-refractivity contribution in [1.82, 2.24) is 20.1 Å². The van der Waals surface area contributed by atoms with Crippen molar-refractivity contribution in [2.24, 2.45) is 5.92 Å². The topological polar surface area (TPSA) is 77.6 Å². The summed E-state index contributed by atoms with van der Waals surface area (Å²) in [6, 6.07) is 4.83. The summed E-state index contributed by atoms with van der Waals surface area (Å²) in [5.74, 6) is 0.428. The molecule has 2 heterocycles. The summed E-state index contributed by atoms with van der Waals surface area (Å²) in [5, 5.41) is 7.72. The number of hydrogen-bond donors (Lipinski definition) is 2. The van der Waals surface area contributed by atoms with Crippen molar-refractivity contribution in [2.75, 3.05) is 44.6 Å². The van der Waals surface area contributed by atoms with E-state index < -0.39 is 11.7 Å². The first kappa shape index (κ1) is 22.5. The highest BCUT2D eigenvalue weighted by Gasteiger charge is 2.30. The third-order valence-electron chi connectivity index (χ3n) is 5.48. The number of benzene rings is 1. The van der Waals surface area contributed by atoms with E-state index in [1.165, 1.54) is 25.0 Å². The highest BCUT2D eigenvalue weighted by molar-refractivity contribution is 7.14. The number of anilines is 2. The van der Waals surface area contributed by atoms with Gasteiger partial charge in [-0.3, -0.25) is 14.5 Å². The van der Waals surface area contributed by atoms with E-state index in [-0.39, 0.29) is 23.2 Å². The number of carbonyl (C=O) groups excluding carboxylic acids is 2. The molecule has 1 saturated carbocycles. The molecule has 2 aliphatic rings. The van der Waals surface area contributed by atoms with E-state index in [9.17, 15) is 22.8 Å². The standard InChI is InChI=1S/C21H24F3N5O2S/c22-21(23,24)15-2-1-3-16(10-15)26-20-27-17(13-32-20)19(31)29-8-6-28(7-9-29)12-18(30)25-11-14-4-5-14/h1-3,10,13-14H,4-9,11-12H2,(H,25,30)(H,26,27). The number of thiazole rings is 1. The van der Waals surface area contributed by atoms with Crippen LogP contribution in [-0.4, -0.2) is 65.9 Å². The summed E-state index contributed by atoms with van der Waals surface area (Å²) in [6.07, 6.45) is -2.05.